The van der Waals surface area contributed by atoms with E-state index in [-0.39, 0.29) is 17.4 Å². The third-order valence-electron chi connectivity index (χ3n) is 3.41. The molecule has 1 amide bonds. The SMILES string of the molecule is CCCOc1ncc(Cl)cc1C(=O)NCCc1ccc(C(=O)O)cc1. The van der Waals surface area contributed by atoms with Gasteiger partial charge >= 0.3 is 5.97 Å². The van der Waals surface area contributed by atoms with Gasteiger partial charge in [-0.2, -0.15) is 0 Å². The number of ether oxygens (including phenoxy) is 1. The van der Waals surface area contributed by atoms with Gasteiger partial charge in [-0.05, 0) is 36.6 Å². The van der Waals surface area contributed by atoms with Gasteiger partial charge in [-0.3, -0.25) is 4.79 Å². The number of rotatable bonds is 8. The minimum atomic E-state index is -0.965. The minimum absolute atomic E-state index is 0.232. The zero-order valence-electron chi connectivity index (χ0n) is 13.8. The number of nitrogens with zero attached hydrogens (tertiary/aromatic N) is 1. The van der Waals surface area contributed by atoms with E-state index in [1.165, 1.54) is 24.4 Å². The molecule has 0 bridgehead atoms. The smallest absolute Gasteiger partial charge is 0.335 e. The second-order valence-electron chi connectivity index (χ2n) is 5.36. The molecular formula is C18H19ClN2O4. The first-order chi connectivity index (χ1) is 12.0. The summed E-state index contributed by atoms with van der Waals surface area (Å²) in [6.45, 7) is 2.82. The van der Waals surface area contributed by atoms with E-state index in [9.17, 15) is 9.59 Å². The molecule has 0 saturated carbocycles. The second kappa shape index (κ2) is 9.03. The molecule has 1 aromatic carbocycles. The number of nitrogens with one attached hydrogen (secondary N) is 1. The van der Waals surface area contributed by atoms with Gasteiger partial charge in [0.2, 0.25) is 5.88 Å². The van der Waals surface area contributed by atoms with Crippen molar-refractivity contribution in [3.63, 3.8) is 0 Å². The zero-order valence-corrected chi connectivity index (χ0v) is 14.5. The lowest BCUT2D eigenvalue weighted by atomic mass is 10.1. The predicted molar refractivity (Wildman–Crippen MR) is 94.5 cm³/mol. The Morgan fingerprint density at radius 3 is 2.64 bits per heavy atom. The molecule has 2 N–H and O–H groups in total. The number of hydrogen-bond acceptors (Lipinski definition) is 4. The van der Waals surface area contributed by atoms with E-state index in [0.717, 1.165) is 12.0 Å². The maximum absolute atomic E-state index is 12.3. The Morgan fingerprint density at radius 1 is 1.28 bits per heavy atom. The highest BCUT2D eigenvalue weighted by Crippen LogP contribution is 2.19. The highest BCUT2D eigenvalue weighted by atomic mass is 35.5. The molecule has 1 heterocycles. The van der Waals surface area contributed by atoms with Crippen molar-refractivity contribution in [2.75, 3.05) is 13.2 Å². The summed E-state index contributed by atoms with van der Waals surface area (Å²) in [6, 6.07) is 8.06. The molecule has 0 aliphatic carbocycles. The molecule has 0 atom stereocenters. The summed E-state index contributed by atoms with van der Waals surface area (Å²) < 4.78 is 5.48. The topological polar surface area (TPSA) is 88.5 Å². The first kappa shape index (κ1) is 18.7. The van der Waals surface area contributed by atoms with Crippen LogP contribution >= 0.6 is 11.6 Å². The number of aromatic nitrogens is 1. The van der Waals surface area contributed by atoms with Gasteiger partial charge in [-0.1, -0.05) is 30.7 Å². The Balaban J connectivity index is 1.95. The van der Waals surface area contributed by atoms with Crippen LogP contribution in [0.1, 0.15) is 39.6 Å². The predicted octanol–water partition coefficient (Wildman–Crippen LogP) is 3.19. The van der Waals surface area contributed by atoms with Gasteiger partial charge in [0.25, 0.3) is 5.91 Å². The molecule has 132 valence electrons. The minimum Gasteiger partial charge on any atom is -0.478 e. The van der Waals surface area contributed by atoms with Gasteiger partial charge in [0.05, 0.1) is 17.2 Å². The average molecular weight is 363 g/mol. The number of carboxylic acid groups (broad SMARTS) is 1. The molecule has 0 unspecified atom stereocenters. The van der Waals surface area contributed by atoms with Crippen LogP contribution in [0.2, 0.25) is 5.02 Å². The van der Waals surface area contributed by atoms with Gasteiger partial charge in [0, 0.05) is 12.7 Å². The first-order valence-electron chi connectivity index (χ1n) is 7.90. The van der Waals surface area contributed by atoms with E-state index in [4.69, 9.17) is 21.4 Å². The van der Waals surface area contributed by atoms with Crippen LogP contribution in [0.3, 0.4) is 0 Å². The van der Waals surface area contributed by atoms with Crippen molar-refractivity contribution in [2.45, 2.75) is 19.8 Å². The molecule has 25 heavy (non-hydrogen) atoms. The van der Waals surface area contributed by atoms with E-state index in [2.05, 4.69) is 10.3 Å². The van der Waals surface area contributed by atoms with Crippen LogP contribution in [0.25, 0.3) is 0 Å². The van der Waals surface area contributed by atoms with E-state index in [0.29, 0.717) is 30.2 Å². The standard InChI is InChI=1S/C18H19ClN2O4/c1-2-9-25-17-15(10-14(19)11-21-17)16(22)20-8-7-12-3-5-13(6-4-12)18(23)24/h3-6,10-11H,2,7-9H2,1H3,(H,20,22)(H,23,24). The molecule has 7 heteroatoms. The van der Waals surface area contributed by atoms with Crippen molar-refractivity contribution in [3.8, 4) is 5.88 Å². The van der Waals surface area contributed by atoms with Crippen LogP contribution in [-0.4, -0.2) is 35.1 Å². The fourth-order valence-electron chi connectivity index (χ4n) is 2.13. The molecule has 0 spiro atoms. The van der Waals surface area contributed by atoms with Crippen molar-refractivity contribution >= 4 is 23.5 Å². The second-order valence-corrected chi connectivity index (χ2v) is 5.80. The fraction of sp³-hybridized carbons (Fsp3) is 0.278. The van der Waals surface area contributed by atoms with Crippen molar-refractivity contribution in [1.29, 1.82) is 0 Å². The molecule has 2 aromatic rings. The molecule has 0 saturated heterocycles. The van der Waals surface area contributed by atoms with Crippen molar-refractivity contribution in [2.24, 2.45) is 0 Å². The van der Waals surface area contributed by atoms with Crippen LogP contribution in [0.5, 0.6) is 5.88 Å². The maximum atomic E-state index is 12.3. The Morgan fingerprint density at radius 2 is 2.00 bits per heavy atom. The number of carbonyl (C=O) groups is 2. The van der Waals surface area contributed by atoms with Gasteiger partial charge < -0.3 is 15.2 Å². The average Bonchev–Trinajstić information content (AvgIpc) is 2.61. The monoisotopic (exact) mass is 362 g/mol. The molecule has 2 rings (SSSR count). The summed E-state index contributed by atoms with van der Waals surface area (Å²) in [7, 11) is 0. The molecule has 0 aliphatic rings. The summed E-state index contributed by atoms with van der Waals surface area (Å²) in [6.07, 6.45) is 2.82. The lowest BCUT2D eigenvalue weighted by Crippen LogP contribution is -2.26. The molecular weight excluding hydrogens is 344 g/mol. The van der Waals surface area contributed by atoms with E-state index in [1.807, 2.05) is 6.92 Å². The molecule has 1 aromatic heterocycles. The maximum Gasteiger partial charge on any atom is 0.335 e. The summed E-state index contributed by atoms with van der Waals surface area (Å²) in [5.41, 5.74) is 1.45. The van der Waals surface area contributed by atoms with Crippen molar-refractivity contribution in [1.82, 2.24) is 10.3 Å². The molecule has 0 aliphatic heterocycles. The Kier molecular flexibility index (Phi) is 6.77. The normalized spacial score (nSPS) is 10.3. The Hall–Kier alpha value is -2.60. The Bertz CT molecular complexity index is 747. The van der Waals surface area contributed by atoms with Crippen molar-refractivity contribution < 1.29 is 19.4 Å². The first-order valence-corrected chi connectivity index (χ1v) is 8.28. The third-order valence-corrected chi connectivity index (χ3v) is 3.61. The van der Waals surface area contributed by atoms with Gasteiger partial charge in [-0.15, -0.1) is 0 Å². The highest BCUT2D eigenvalue weighted by molar-refractivity contribution is 6.30. The van der Waals surface area contributed by atoms with Crippen LogP contribution < -0.4 is 10.1 Å². The largest absolute Gasteiger partial charge is 0.478 e. The summed E-state index contributed by atoms with van der Waals surface area (Å²) >= 11 is 5.92. The summed E-state index contributed by atoms with van der Waals surface area (Å²) in [5.74, 6) is -1.02. The molecule has 6 nitrogen and oxygen atoms in total. The number of amides is 1. The van der Waals surface area contributed by atoms with Crippen LogP contribution in [0.15, 0.2) is 36.5 Å². The zero-order chi connectivity index (χ0) is 18.2. The lowest BCUT2D eigenvalue weighted by molar-refractivity contribution is 0.0696. The highest BCUT2D eigenvalue weighted by Gasteiger charge is 2.14. The number of carboxylic acids is 1. The van der Waals surface area contributed by atoms with Crippen LogP contribution in [-0.2, 0) is 6.42 Å². The van der Waals surface area contributed by atoms with Gasteiger partial charge in [-0.25, -0.2) is 9.78 Å². The number of hydrogen-bond donors (Lipinski definition) is 2. The number of halogens is 1. The molecule has 0 radical (unpaired) electrons. The third kappa shape index (κ3) is 5.46. The van der Waals surface area contributed by atoms with Crippen LogP contribution in [0.4, 0.5) is 0 Å². The van der Waals surface area contributed by atoms with Gasteiger partial charge in [0.1, 0.15) is 5.56 Å². The lowest BCUT2D eigenvalue weighted by Gasteiger charge is -2.10. The molecule has 0 fully saturated rings. The van der Waals surface area contributed by atoms with E-state index >= 15 is 0 Å². The number of pyridine rings is 1. The van der Waals surface area contributed by atoms with Crippen molar-refractivity contribution in [3.05, 3.63) is 58.2 Å². The Labute approximate surface area is 150 Å². The number of aromatic carboxylic acids is 1. The van der Waals surface area contributed by atoms with Gasteiger partial charge in [0.15, 0.2) is 0 Å². The van der Waals surface area contributed by atoms with E-state index < -0.39 is 5.97 Å². The number of carbonyl (C=O) groups excluding carboxylic acids is 1. The van der Waals surface area contributed by atoms with Crippen LogP contribution in [0, 0.1) is 0 Å². The summed E-state index contributed by atoms with van der Waals surface area (Å²) in [5, 5.41) is 12.0. The van der Waals surface area contributed by atoms with E-state index in [1.54, 1.807) is 12.1 Å². The quantitative estimate of drug-likeness (QED) is 0.752. The number of benzene rings is 1. The fourth-order valence-corrected chi connectivity index (χ4v) is 2.29. The summed E-state index contributed by atoms with van der Waals surface area (Å²) in [4.78, 5) is 27.2.